The van der Waals surface area contributed by atoms with E-state index in [1.807, 2.05) is 6.92 Å². The van der Waals surface area contributed by atoms with E-state index < -0.39 is 66.4 Å². The van der Waals surface area contributed by atoms with E-state index in [2.05, 4.69) is 25.9 Å². The summed E-state index contributed by atoms with van der Waals surface area (Å²) in [7, 11) is 0. The number of nitrogens with zero attached hydrogens (tertiary/aromatic N) is 1. The molecule has 1 rings (SSSR count). The fourth-order valence-electron chi connectivity index (χ4n) is 3.05. The maximum atomic E-state index is 12.8. The molecular weight excluding hydrogens is 464 g/mol. The number of carbonyl (C=O) groups excluding carboxylic acids is 3. The number of amides is 3. The Morgan fingerprint density at radius 1 is 1.03 bits per heavy atom. The van der Waals surface area contributed by atoms with Crippen molar-refractivity contribution in [1.82, 2.24) is 25.9 Å². The number of aromatic amines is 1. The summed E-state index contributed by atoms with van der Waals surface area (Å²) in [5, 5.41) is 35.4. The second-order valence-corrected chi connectivity index (χ2v) is 8.31. The van der Waals surface area contributed by atoms with Gasteiger partial charge in [0.15, 0.2) is 0 Å². The second-order valence-electron chi connectivity index (χ2n) is 8.31. The van der Waals surface area contributed by atoms with Crippen LogP contribution in [0.25, 0.3) is 0 Å². The number of carboxylic acids is 2. The maximum absolute atomic E-state index is 12.8. The molecule has 3 amide bonds. The number of imidazole rings is 1. The van der Waals surface area contributed by atoms with Crippen LogP contribution in [-0.4, -0.2) is 85.2 Å². The van der Waals surface area contributed by atoms with Crippen molar-refractivity contribution in [2.75, 3.05) is 0 Å². The van der Waals surface area contributed by atoms with E-state index in [9.17, 15) is 34.2 Å². The lowest BCUT2D eigenvalue weighted by Gasteiger charge is -2.27. The van der Waals surface area contributed by atoms with Crippen molar-refractivity contribution in [2.24, 2.45) is 11.7 Å². The van der Waals surface area contributed by atoms with Crippen LogP contribution in [0.15, 0.2) is 12.5 Å². The predicted molar refractivity (Wildman–Crippen MR) is 122 cm³/mol. The average molecular weight is 499 g/mol. The molecular formula is C21H34N6O8. The van der Waals surface area contributed by atoms with Gasteiger partial charge in [0.25, 0.3) is 0 Å². The summed E-state index contributed by atoms with van der Waals surface area (Å²) >= 11 is 0. The van der Waals surface area contributed by atoms with Crippen LogP contribution in [0.3, 0.4) is 0 Å². The number of nitrogens with one attached hydrogen (secondary N) is 4. The van der Waals surface area contributed by atoms with Crippen LogP contribution < -0.4 is 21.7 Å². The lowest BCUT2D eigenvalue weighted by Crippen LogP contribution is -2.60. The van der Waals surface area contributed by atoms with E-state index >= 15 is 0 Å². The van der Waals surface area contributed by atoms with Crippen molar-refractivity contribution >= 4 is 29.7 Å². The number of rotatable bonds is 15. The highest BCUT2D eigenvalue weighted by Gasteiger charge is 2.33. The van der Waals surface area contributed by atoms with Crippen molar-refractivity contribution < 1.29 is 39.3 Å². The summed E-state index contributed by atoms with van der Waals surface area (Å²) in [6.07, 6.45) is 0.923. The molecule has 0 saturated carbocycles. The van der Waals surface area contributed by atoms with Gasteiger partial charge in [-0.2, -0.15) is 0 Å². The summed E-state index contributed by atoms with van der Waals surface area (Å²) in [6, 6.07) is -5.28. The summed E-state index contributed by atoms with van der Waals surface area (Å²) in [6.45, 7) is 4.83. The zero-order valence-electron chi connectivity index (χ0n) is 19.9. The van der Waals surface area contributed by atoms with Crippen LogP contribution in [0.5, 0.6) is 0 Å². The first-order valence-electron chi connectivity index (χ1n) is 11.1. The Morgan fingerprint density at radius 3 is 2.14 bits per heavy atom. The zero-order valence-corrected chi connectivity index (χ0v) is 19.9. The molecule has 0 fully saturated rings. The van der Waals surface area contributed by atoms with E-state index in [1.54, 1.807) is 6.92 Å². The minimum absolute atomic E-state index is 0.138. The summed E-state index contributed by atoms with van der Waals surface area (Å²) < 4.78 is 0. The van der Waals surface area contributed by atoms with Crippen LogP contribution in [0.1, 0.15) is 45.7 Å². The van der Waals surface area contributed by atoms with Crippen molar-refractivity contribution in [3.05, 3.63) is 18.2 Å². The van der Waals surface area contributed by atoms with Gasteiger partial charge in [0.1, 0.15) is 18.1 Å². The molecule has 0 aromatic carbocycles. The standard InChI is InChI=1S/C21H34N6O8/c1-4-10(2)16(22)19(32)27-17(11(3)28)20(33)25-13(5-6-15(29)30)18(31)26-14(21(34)35)7-12-8-23-9-24-12/h8-11,13-14,16-17,28H,4-7,22H2,1-3H3,(H,23,24)(H,25,33)(H,26,31)(H,27,32)(H,29,30)(H,34,35). The molecule has 1 aromatic heterocycles. The molecule has 9 N–H and O–H groups in total. The van der Waals surface area contributed by atoms with Gasteiger partial charge in [0.05, 0.1) is 18.5 Å². The maximum Gasteiger partial charge on any atom is 0.326 e. The quantitative estimate of drug-likeness (QED) is 0.134. The molecule has 0 aliphatic carbocycles. The van der Waals surface area contributed by atoms with Gasteiger partial charge in [0, 0.05) is 24.7 Å². The SMILES string of the molecule is CCC(C)C(N)C(=O)NC(C(=O)NC(CCC(=O)O)C(=O)NC(Cc1cnc[nH]1)C(=O)O)C(C)O. The number of aliphatic carboxylic acids is 2. The fourth-order valence-corrected chi connectivity index (χ4v) is 3.05. The number of aliphatic hydroxyl groups is 1. The third kappa shape index (κ3) is 9.70. The van der Waals surface area contributed by atoms with Crippen molar-refractivity contribution in [2.45, 2.75) is 76.7 Å². The molecule has 0 saturated heterocycles. The van der Waals surface area contributed by atoms with E-state index in [0.717, 1.165) is 0 Å². The molecule has 0 spiro atoms. The Balaban J connectivity index is 2.99. The monoisotopic (exact) mass is 498 g/mol. The molecule has 14 nitrogen and oxygen atoms in total. The first kappa shape index (κ1) is 29.5. The molecule has 6 atom stereocenters. The minimum atomic E-state index is -1.49. The van der Waals surface area contributed by atoms with Gasteiger partial charge in [-0.15, -0.1) is 0 Å². The van der Waals surface area contributed by atoms with E-state index in [1.165, 1.54) is 19.4 Å². The van der Waals surface area contributed by atoms with Gasteiger partial charge in [-0.25, -0.2) is 9.78 Å². The average Bonchev–Trinajstić information content (AvgIpc) is 3.30. The van der Waals surface area contributed by atoms with Crippen LogP contribution in [0.4, 0.5) is 0 Å². The number of carboxylic acid groups (broad SMARTS) is 2. The lowest BCUT2D eigenvalue weighted by atomic mass is 9.98. The van der Waals surface area contributed by atoms with E-state index in [0.29, 0.717) is 12.1 Å². The topological polar surface area (TPSA) is 237 Å². The molecule has 0 radical (unpaired) electrons. The van der Waals surface area contributed by atoms with Crippen molar-refractivity contribution in [3.63, 3.8) is 0 Å². The summed E-state index contributed by atoms with van der Waals surface area (Å²) in [5.74, 6) is -5.40. The summed E-state index contributed by atoms with van der Waals surface area (Å²) in [5.41, 5.74) is 6.30. The molecule has 14 heteroatoms. The van der Waals surface area contributed by atoms with E-state index in [-0.39, 0.29) is 18.8 Å². The van der Waals surface area contributed by atoms with E-state index in [4.69, 9.17) is 10.8 Å². The highest BCUT2D eigenvalue weighted by atomic mass is 16.4. The lowest BCUT2D eigenvalue weighted by molar-refractivity contribution is -0.143. The van der Waals surface area contributed by atoms with Crippen LogP contribution in [0, 0.1) is 5.92 Å². The molecule has 1 heterocycles. The van der Waals surface area contributed by atoms with Crippen LogP contribution in [0.2, 0.25) is 0 Å². The Morgan fingerprint density at radius 2 is 1.66 bits per heavy atom. The second kappa shape index (κ2) is 14.0. The Bertz CT molecular complexity index is 875. The highest BCUT2D eigenvalue weighted by Crippen LogP contribution is 2.08. The van der Waals surface area contributed by atoms with Crippen molar-refractivity contribution in [1.29, 1.82) is 0 Å². The third-order valence-corrected chi connectivity index (χ3v) is 5.50. The Kier molecular flexibility index (Phi) is 11.8. The first-order valence-corrected chi connectivity index (χ1v) is 11.1. The molecule has 0 aliphatic rings. The number of aromatic nitrogens is 2. The number of hydrogen-bond donors (Lipinski definition) is 8. The molecule has 35 heavy (non-hydrogen) atoms. The Labute approximate surface area is 202 Å². The summed E-state index contributed by atoms with van der Waals surface area (Å²) in [4.78, 5) is 67.2. The molecule has 0 aliphatic heterocycles. The minimum Gasteiger partial charge on any atom is -0.481 e. The first-order chi connectivity index (χ1) is 16.4. The van der Waals surface area contributed by atoms with Crippen LogP contribution >= 0.6 is 0 Å². The number of nitrogens with two attached hydrogens (primary N) is 1. The van der Waals surface area contributed by atoms with Gasteiger partial charge in [0.2, 0.25) is 17.7 Å². The number of H-pyrrole nitrogens is 1. The number of hydrogen-bond acceptors (Lipinski definition) is 8. The largest absolute Gasteiger partial charge is 0.481 e. The van der Waals surface area contributed by atoms with Crippen molar-refractivity contribution in [3.8, 4) is 0 Å². The number of aliphatic hydroxyl groups excluding tert-OH is 1. The van der Waals surface area contributed by atoms with Gasteiger partial charge in [-0.1, -0.05) is 20.3 Å². The zero-order chi connectivity index (χ0) is 26.7. The molecule has 0 bridgehead atoms. The molecule has 1 aromatic rings. The van der Waals surface area contributed by atoms with Gasteiger partial charge in [-0.3, -0.25) is 19.2 Å². The normalized spacial score (nSPS) is 16.1. The predicted octanol–water partition coefficient (Wildman–Crippen LogP) is -1.89. The fraction of sp³-hybridized carbons (Fsp3) is 0.619. The van der Waals surface area contributed by atoms with Crippen LogP contribution in [-0.2, 0) is 30.4 Å². The van der Waals surface area contributed by atoms with Gasteiger partial charge >= 0.3 is 11.9 Å². The Hall–Kier alpha value is -3.52. The van der Waals surface area contributed by atoms with Gasteiger partial charge < -0.3 is 42.0 Å². The van der Waals surface area contributed by atoms with Gasteiger partial charge in [-0.05, 0) is 19.3 Å². The molecule has 6 unspecified atom stereocenters. The third-order valence-electron chi connectivity index (χ3n) is 5.50. The smallest absolute Gasteiger partial charge is 0.326 e. The highest BCUT2D eigenvalue weighted by molar-refractivity contribution is 5.94. The molecule has 196 valence electrons. The number of carbonyl (C=O) groups is 5.